The van der Waals surface area contributed by atoms with Crippen molar-refractivity contribution in [1.29, 1.82) is 0 Å². The van der Waals surface area contributed by atoms with E-state index in [4.69, 9.17) is 27.9 Å². The lowest BCUT2D eigenvalue weighted by Gasteiger charge is -2.44. The Balaban J connectivity index is 1.27. The summed E-state index contributed by atoms with van der Waals surface area (Å²) in [6.45, 7) is 3.66. The number of hydrogen-bond donors (Lipinski definition) is 0. The number of benzene rings is 2. The van der Waals surface area contributed by atoms with E-state index in [0.717, 1.165) is 23.2 Å². The zero-order valence-corrected chi connectivity index (χ0v) is 27.0. The van der Waals surface area contributed by atoms with Gasteiger partial charge in [-0.2, -0.15) is 0 Å². The van der Waals surface area contributed by atoms with E-state index < -0.39 is 0 Å². The molecule has 3 fully saturated rings. The molecule has 0 aromatic heterocycles. The van der Waals surface area contributed by atoms with Crippen molar-refractivity contribution in [2.75, 3.05) is 52.3 Å². The van der Waals surface area contributed by atoms with Gasteiger partial charge in [-0.25, -0.2) is 0 Å². The SMILES string of the molecule is COc1cc2c(cc1C(=O)N(C)[C@@H]1CCN(C(=O)C3CCN(C(C)=O)CC3)C[C@H]1c1ccc(Cl)c(Cl)c1)N(C)C(=O)C1CC21. The van der Waals surface area contributed by atoms with Crippen molar-refractivity contribution in [2.45, 2.75) is 50.5 Å². The second-order valence-corrected chi connectivity index (χ2v) is 13.4. The molecule has 44 heavy (non-hydrogen) atoms. The lowest BCUT2D eigenvalue weighted by atomic mass is 9.83. The van der Waals surface area contributed by atoms with E-state index in [0.29, 0.717) is 66.8 Å². The molecular formula is C33H38Cl2N4O5. The molecule has 9 nitrogen and oxygen atoms in total. The van der Waals surface area contributed by atoms with E-state index in [1.54, 1.807) is 55.0 Å². The number of likely N-dealkylation sites (tertiary alicyclic amines) is 2. The Labute approximate surface area is 268 Å². The topological polar surface area (TPSA) is 90.5 Å². The summed E-state index contributed by atoms with van der Waals surface area (Å²) in [7, 11) is 5.11. The fraction of sp³-hybridized carbons (Fsp3) is 0.515. The van der Waals surface area contributed by atoms with Crippen LogP contribution in [0.3, 0.4) is 0 Å². The molecule has 2 unspecified atom stereocenters. The van der Waals surface area contributed by atoms with Crippen LogP contribution in [0.5, 0.6) is 5.75 Å². The number of nitrogens with zero attached hydrogens (tertiary/aromatic N) is 4. The van der Waals surface area contributed by atoms with Crippen LogP contribution >= 0.6 is 23.2 Å². The molecule has 2 aromatic carbocycles. The smallest absolute Gasteiger partial charge is 0.257 e. The summed E-state index contributed by atoms with van der Waals surface area (Å²) in [4.78, 5) is 59.6. The third kappa shape index (κ3) is 5.42. The van der Waals surface area contributed by atoms with Crippen LogP contribution in [0.25, 0.3) is 0 Å². The van der Waals surface area contributed by atoms with Crippen molar-refractivity contribution in [3.8, 4) is 5.75 Å². The summed E-state index contributed by atoms with van der Waals surface area (Å²) in [5.74, 6) is 0.337. The number of halogens is 2. The monoisotopic (exact) mass is 640 g/mol. The minimum atomic E-state index is -0.240. The molecule has 234 valence electrons. The van der Waals surface area contributed by atoms with Gasteiger partial charge >= 0.3 is 0 Å². The fourth-order valence-corrected chi connectivity index (χ4v) is 7.71. The molecule has 11 heteroatoms. The van der Waals surface area contributed by atoms with Gasteiger partial charge in [0, 0.05) is 76.7 Å². The standard InChI is InChI=1S/C33H38Cl2N4O5/c1-18(40)38-10-7-19(8-11-38)31(41)39-12-9-28(25(17-39)20-5-6-26(34)27(35)13-20)36(2)33(43)24-15-29-22(16-30(24)44-4)21-14-23(21)32(42)37(29)3/h5-6,13,15-16,19,21,23,25,28H,7-12,14,17H2,1-4H3/t21?,23?,25-,28+/m0/s1. The van der Waals surface area contributed by atoms with Gasteiger partial charge in [0.15, 0.2) is 0 Å². The van der Waals surface area contributed by atoms with Crippen LogP contribution in [0.2, 0.25) is 10.0 Å². The maximum absolute atomic E-state index is 14.2. The Morgan fingerprint density at radius 2 is 1.64 bits per heavy atom. The highest BCUT2D eigenvalue weighted by Gasteiger charge is 2.51. The Morgan fingerprint density at radius 3 is 2.30 bits per heavy atom. The number of methoxy groups -OCH3 is 1. The van der Waals surface area contributed by atoms with Crippen molar-refractivity contribution >= 4 is 52.5 Å². The highest BCUT2D eigenvalue weighted by Crippen LogP contribution is 2.56. The summed E-state index contributed by atoms with van der Waals surface area (Å²) in [6, 6.07) is 8.96. The van der Waals surface area contributed by atoms with E-state index in [-0.39, 0.29) is 53.3 Å². The lowest BCUT2D eigenvalue weighted by molar-refractivity contribution is -0.141. The molecule has 6 rings (SSSR count). The van der Waals surface area contributed by atoms with Crippen LogP contribution in [0.15, 0.2) is 30.3 Å². The van der Waals surface area contributed by atoms with E-state index in [9.17, 15) is 19.2 Å². The van der Waals surface area contributed by atoms with Gasteiger partial charge in [0.1, 0.15) is 5.75 Å². The first-order chi connectivity index (χ1) is 21.0. The third-order valence-electron chi connectivity index (χ3n) is 10.1. The summed E-state index contributed by atoms with van der Waals surface area (Å²) >= 11 is 12.7. The highest BCUT2D eigenvalue weighted by molar-refractivity contribution is 6.42. The molecule has 4 aliphatic rings. The Kier molecular flexibility index (Phi) is 8.30. The van der Waals surface area contributed by atoms with Gasteiger partial charge in [-0.05, 0) is 67.0 Å². The highest BCUT2D eigenvalue weighted by atomic mass is 35.5. The molecule has 0 bridgehead atoms. The molecule has 3 aliphatic heterocycles. The molecule has 4 amide bonds. The van der Waals surface area contributed by atoms with Crippen LogP contribution < -0.4 is 9.64 Å². The zero-order chi connectivity index (χ0) is 31.4. The predicted molar refractivity (Wildman–Crippen MR) is 169 cm³/mol. The fourth-order valence-electron chi connectivity index (χ4n) is 7.40. The average Bonchev–Trinajstić information content (AvgIpc) is 3.84. The summed E-state index contributed by atoms with van der Waals surface area (Å²) in [5.41, 5.74) is 3.10. The number of ether oxygens (including phenoxy) is 1. The second-order valence-electron chi connectivity index (χ2n) is 12.6. The molecular weight excluding hydrogens is 603 g/mol. The number of amides is 4. The van der Waals surface area contributed by atoms with Gasteiger partial charge in [-0.15, -0.1) is 0 Å². The van der Waals surface area contributed by atoms with Crippen LogP contribution in [0.1, 0.15) is 65.9 Å². The minimum absolute atomic E-state index is 0.0166. The van der Waals surface area contributed by atoms with Crippen LogP contribution in [-0.4, -0.2) is 91.8 Å². The van der Waals surface area contributed by atoms with Gasteiger partial charge in [-0.3, -0.25) is 19.2 Å². The Hall–Kier alpha value is -3.30. The quantitative estimate of drug-likeness (QED) is 0.468. The van der Waals surface area contributed by atoms with Crippen molar-refractivity contribution in [3.63, 3.8) is 0 Å². The van der Waals surface area contributed by atoms with E-state index in [1.807, 2.05) is 23.1 Å². The molecule has 0 N–H and O–H groups in total. The first-order valence-corrected chi connectivity index (χ1v) is 16.0. The normalized spacial score (nSPS) is 24.9. The number of carbonyl (C=O) groups is 4. The Bertz CT molecular complexity index is 1520. The van der Waals surface area contributed by atoms with Gasteiger partial charge in [0.2, 0.25) is 17.7 Å². The van der Waals surface area contributed by atoms with Crippen LogP contribution in [-0.2, 0) is 14.4 Å². The van der Waals surface area contributed by atoms with E-state index >= 15 is 0 Å². The number of fused-ring (bicyclic) bond motifs is 3. The van der Waals surface area contributed by atoms with Crippen LogP contribution in [0.4, 0.5) is 5.69 Å². The summed E-state index contributed by atoms with van der Waals surface area (Å²) in [5, 5.41) is 0.854. The number of rotatable bonds is 5. The lowest BCUT2D eigenvalue weighted by Crippen LogP contribution is -2.53. The van der Waals surface area contributed by atoms with Gasteiger partial charge < -0.3 is 24.3 Å². The first kappa shape index (κ1) is 30.7. The van der Waals surface area contributed by atoms with Gasteiger partial charge in [0.05, 0.1) is 22.7 Å². The largest absolute Gasteiger partial charge is 0.496 e. The maximum atomic E-state index is 14.2. The minimum Gasteiger partial charge on any atom is -0.496 e. The van der Waals surface area contributed by atoms with Crippen molar-refractivity contribution in [1.82, 2.24) is 14.7 Å². The maximum Gasteiger partial charge on any atom is 0.257 e. The van der Waals surface area contributed by atoms with E-state index in [1.165, 1.54) is 0 Å². The number of hydrogen-bond acceptors (Lipinski definition) is 5. The molecule has 4 atom stereocenters. The molecule has 3 heterocycles. The van der Waals surface area contributed by atoms with Crippen molar-refractivity contribution in [2.24, 2.45) is 11.8 Å². The summed E-state index contributed by atoms with van der Waals surface area (Å²) in [6.07, 6.45) is 2.68. The molecule has 0 spiro atoms. The van der Waals surface area contributed by atoms with Crippen molar-refractivity contribution < 1.29 is 23.9 Å². The number of carbonyl (C=O) groups excluding carboxylic acids is 4. The first-order valence-electron chi connectivity index (χ1n) is 15.3. The number of likely N-dealkylation sites (N-methyl/N-ethyl adjacent to an activating group) is 1. The zero-order valence-electron chi connectivity index (χ0n) is 25.5. The molecule has 1 aliphatic carbocycles. The summed E-state index contributed by atoms with van der Waals surface area (Å²) < 4.78 is 5.72. The Morgan fingerprint density at radius 1 is 0.932 bits per heavy atom. The number of anilines is 1. The molecule has 2 aromatic rings. The average molecular weight is 642 g/mol. The molecule has 0 radical (unpaired) electrons. The molecule has 1 saturated carbocycles. The van der Waals surface area contributed by atoms with Gasteiger partial charge in [-0.1, -0.05) is 29.3 Å². The van der Waals surface area contributed by atoms with Crippen molar-refractivity contribution in [3.05, 3.63) is 57.1 Å². The number of piperidine rings is 2. The predicted octanol–water partition coefficient (Wildman–Crippen LogP) is 4.80. The van der Waals surface area contributed by atoms with Crippen LogP contribution in [0, 0.1) is 11.8 Å². The van der Waals surface area contributed by atoms with E-state index in [2.05, 4.69) is 0 Å². The second kappa shape index (κ2) is 11.9. The van der Waals surface area contributed by atoms with Gasteiger partial charge in [0.25, 0.3) is 5.91 Å². The molecule has 2 saturated heterocycles. The third-order valence-corrected chi connectivity index (χ3v) is 10.9.